The molecule has 0 heterocycles. The minimum atomic E-state index is 0.281. The molecule has 1 aromatic carbocycles. The second kappa shape index (κ2) is 4.05. The number of ketones is 1. The van der Waals surface area contributed by atoms with Crippen LogP contribution in [0.2, 0.25) is 0 Å². The second-order valence-electron chi connectivity index (χ2n) is 4.21. The van der Waals surface area contributed by atoms with Crippen LogP contribution in [0.1, 0.15) is 36.8 Å². The van der Waals surface area contributed by atoms with Crippen molar-refractivity contribution >= 4 is 5.78 Å². The van der Waals surface area contributed by atoms with E-state index in [-0.39, 0.29) is 5.78 Å². The molecule has 2 rings (SSSR count). The largest absolute Gasteiger partial charge is 0.497 e. The van der Waals surface area contributed by atoms with Gasteiger partial charge in [0.05, 0.1) is 7.11 Å². The fourth-order valence-corrected chi connectivity index (χ4v) is 2.37. The van der Waals surface area contributed by atoms with Crippen molar-refractivity contribution < 1.29 is 9.53 Å². The monoisotopic (exact) mass is 204 g/mol. The van der Waals surface area contributed by atoms with Crippen LogP contribution in [0.25, 0.3) is 0 Å². The maximum absolute atomic E-state index is 11.1. The molecular weight excluding hydrogens is 188 g/mol. The van der Waals surface area contributed by atoms with E-state index in [9.17, 15) is 4.79 Å². The summed E-state index contributed by atoms with van der Waals surface area (Å²) < 4.78 is 5.19. The molecule has 2 nitrogen and oxygen atoms in total. The molecular formula is C13H16O2. The number of Topliss-reactive ketones (excluding diaryl/α,β-unsaturated/α-hetero) is 1. The lowest BCUT2D eigenvalue weighted by atomic mass is 9.96. The molecule has 1 atom stereocenters. The van der Waals surface area contributed by atoms with Crippen LogP contribution in [0.5, 0.6) is 5.75 Å². The summed E-state index contributed by atoms with van der Waals surface area (Å²) in [5, 5.41) is 0. The zero-order valence-corrected chi connectivity index (χ0v) is 9.25. The van der Waals surface area contributed by atoms with E-state index in [2.05, 4.69) is 12.1 Å². The van der Waals surface area contributed by atoms with Crippen LogP contribution in [0, 0.1) is 0 Å². The summed E-state index contributed by atoms with van der Waals surface area (Å²) in [5.41, 5.74) is 2.69. The summed E-state index contributed by atoms with van der Waals surface area (Å²) >= 11 is 0. The number of ether oxygens (including phenoxy) is 1. The minimum absolute atomic E-state index is 0.281. The number of carbonyl (C=O) groups is 1. The third-order valence-electron chi connectivity index (χ3n) is 3.09. The molecule has 1 aromatic rings. The summed E-state index contributed by atoms with van der Waals surface area (Å²) in [6.45, 7) is 1.67. The molecule has 1 aliphatic carbocycles. The van der Waals surface area contributed by atoms with Gasteiger partial charge in [-0.3, -0.25) is 0 Å². The molecule has 15 heavy (non-hydrogen) atoms. The lowest BCUT2D eigenvalue weighted by Crippen LogP contribution is -2.00. The van der Waals surface area contributed by atoms with Crippen molar-refractivity contribution in [3.8, 4) is 5.75 Å². The van der Waals surface area contributed by atoms with Crippen molar-refractivity contribution in [1.82, 2.24) is 0 Å². The first-order valence-electron chi connectivity index (χ1n) is 5.37. The van der Waals surface area contributed by atoms with Crippen LogP contribution in [-0.4, -0.2) is 12.9 Å². The Labute approximate surface area is 90.3 Å². The zero-order chi connectivity index (χ0) is 10.8. The van der Waals surface area contributed by atoms with Gasteiger partial charge < -0.3 is 9.53 Å². The highest BCUT2D eigenvalue weighted by molar-refractivity contribution is 5.76. The first-order valence-corrected chi connectivity index (χ1v) is 5.37. The minimum Gasteiger partial charge on any atom is -0.497 e. The Balaban J connectivity index is 2.24. The Morgan fingerprint density at radius 1 is 1.53 bits per heavy atom. The van der Waals surface area contributed by atoms with Crippen LogP contribution in [0.15, 0.2) is 18.2 Å². The van der Waals surface area contributed by atoms with Crippen LogP contribution >= 0.6 is 0 Å². The molecule has 1 aliphatic rings. The number of carbonyl (C=O) groups excluding carboxylic acids is 1. The highest BCUT2D eigenvalue weighted by Crippen LogP contribution is 2.37. The van der Waals surface area contributed by atoms with Crippen LogP contribution < -0.4 is 4.74 Å². The topological polar surface area (TPSA) is 26.3 Å². The maximum Gasteiger partial charge on any atom is 0.130 e. The average molecular weight is 204 g/mol. The molecule has 0 unspecified atom stereocenters. The van der Waals surface area contributed by atoms with Crippen molar-refractivity contribution in [1.29, 1.82) is 0 Å². The van der Waals surface area contributed by atoms with Gasteiger partial charge in [0.25, 0.3) is 0 Å². The summed E-state index contributed by atoms with van der Waals surface area (Å²) in [6, 6.07) is 6.18. The van der Waals surface area contributed by atoms with E-state index in [0.29, 0.717) is 12.3 Å². The molecule has 0 aliphatic heterocycles. The smallest absolute Gasteiger partial charge is 0.130 e. The molecule has 0 fully saturated rings. The SMILES string of the molecule is COc1ccc2c(c1)CC[C@H]2CC(C)=O. The molecule has 0 bridgehead atoms. The Bertz CT molecular complexity index is 382. The molecule has 0 aromatic heterocycles. The zero-order valence-electron chi connectivity index (χ0n) is 9.25. The molecule has 0 saturated heterocycles. The first kappa shape index (κ1) is 10.2. The van der Waals surface area contributed by atoms with Gasteiger partial charge in [0.2, 0.25) is 0 Å². The molecule has 0 amide bonds. The number of fused-ring (bicyclic) bond motifs is 1. The molecule has 0 radical (unpaired) electrons. The van der Waals surface area contributed by atoms with E-state index in [4.69, 9.17) is 4.74 Å². The fourth-order valence-electron chi connectivity index (χ4n) is 2.37. The van der Waals surface area contributed by atoms with E-state index in [1.807, 2.05) is 6.07 Å². The standard InChI is InChI=1S/C13H16O2/c1-9(14)7-10-3-4-11-8-12(15-2)5-6-13(10)11/h5-6,8,10H,3-4,7H2,1-2H3/t10-/m0/s1. The van der Waals surface area contributed by atoms with E-state index in [1.165, 1.54) is 11.1 Å². The summed E-state index contributed by atoms with van der Waals surface area (Å²) in [6.07, 6.45) is 2.85. The third-order valence-corrected chi connectivity index (χ3v) is 3.09. The quantitative estimate of drug-likeness (QED) is 0.756. The summed E-state index contributed by atoms with van der Waals surface area (Å²) in [5.74, 6) is 1.63. The van der Waals surface area contributed by atoms with Crippen molar-refractivity contribution in [2.75, 3.05) is 7.11 Å². The van der Waals surface area contributed by atoms with Gasteiger partial charge >= 0.3 is 0 Å². The van der Waals surface area contributed by atoms with Crippen molar-refractivity contribution in [2.24, 2.45) is 0 Å². The van der Waals surface area contributed by atoms with E-state index >= 15 is 0 Å². The van der Waals surface area contributed by atoms with Gasteiger partial charge in [-0.05, 0) is 48.9 Å². The van der Waals surface area contributed by atoms with Gasteiger partial charge in [-0.2, -0.15) is 0 Å². The molecule has 0 saturated carbocycles. The molecule has 0 spiro atoms. The predicted molar refractivity (Wildman–Crippen MR) is 59.4 cm³/mol. The van der Waals surface area contributed by atoms with Gasteiger partial charge in [0.15, 0.2) is 0 Å². The van der Waals surface area contributed by atoms with E-state index in [0.717, 1.165) is 18.6 Å². The number of aryl methyl sites for hydroxylation is 1. The van der Waals surface area contributed by atoms with Crippen molar-refractivity contribution in [2.45, 2.75) is 32.1 Å². The van der Waals surface area contributed by atoms with Crippen LogP contribution in [0.4, 0.5) is 0 Å². The van der Waals surface area contributed by atoms with Gasteiger partial charge in [0, 0.05) is 6.42 Å². The number of rotatable bonds is 3. The van der Waals surface area contributed by atoms with Gasteiger partial charge in [-0.25, -0.2) is 0 Å². The summed E-state index contributed by atoms with van der Waals surface area (Å²) in [4.78, 5) is 11.1. The fraction of sp³-hybridized carbons (Fsp3) is 0.462. The molecule has 2 heteroatoms. The van der Waals surface area contributed by atoms with Crippen molar-refractivity contribution in [3.05, 3.63) is 29.3 Å². The lowest BCUT2D eigenvalue weighted by Gasteiger charge is -2.09. The van der Waals surface area contributed by atoms with E-state index < -0.39 is 0 Å². The number of methoxy groups -OCH3 is 1. The lowest BCUT2D eigenvalue weighted by molar-refractivity contribution is -0.117. The third kappa shape index (κ3) is 2.04. The van der Waals surface area contributed by atoms with Crippen LogP contribution in [0.3, 0.4) is 0 Å². The summed E-state index contributed by atoms with van der Waals surface area (Å²) in [7, 11) is 1.68. The Morgan fingerprint density at radius 3 is 3.00 bits per heavy atom. The average Bonchev–Trinajstić information content (AvgIpc) is 2.60. The Kier molecular flexibility index (Phi) is 2.76. The number of hydrogen-bond acceptors (Lipinski definition) is 2. The second-order valence-corrected chi connectivity index (χ2v) is 4.21. The number of hydrogen-bond donors (Lipinski definition) is 0. The molecule has 0 N–H and O–H groups in total. The van der Waals surface area contributed by atoms with E-state index in [1.54, 1.807) is 14.0 Å². The first-order chi connectivity index (χ1) is 7.20. The highest BCUT2D eigenvalue weighted by atomic mass is 16.5. The van der Waals surface area contributed by atoms with Crippen molar-refractivity contribution in [3.63, 3.8) is 0 Å². The molecule has 80 valence electrons. The number of benzene rings is 1. The maximum atomic E-state index is 11.1. The highest BCUT2D eigenvalue weighted by Gasteiger charge is 2.23. The normalized spacial score (nSPS) is 18.7. The predicted octanol–water partition coefficient (Wildman–Crippen LogP) is 2.70. The van der Waals surface area contributed by atoms with Gasteiger partial charge in [0.1, 0.15) is 11.5 Å². The Morgan fingerprint density at radius 2 is 2.33 bits per heavy atom. The van der Waals surface area contributed by atoms with Gasteiger partial charge in [-0.15, -0.1) is 0 Å². The van der Waals surface area contributed by atoms with Gasteiger partial charge in [-0.1, -0.05) is 6.07 Å². The Hall–Kier alpha value is -1.31. The van der Waals surface area contributed by atoms with Crippen LogP contribution in [-0.2, 0) is 11.2 Å².